The number of nitrogens with one attached hydrogen (secondary N) is 1. The van der Waals surface area contributed by atoms with Crippen LogP contribution >= 0.6 is 11.3 Å². The van der Waals surface area contributed by atoms with E-state index in [9.17, 15) is 9.59 Å². The van der Waals surface area contributed by atoms with Crippen LogP contribution < -0.4 is 16.8 Å². The van der Waals surface area contributed by atoms with E-state index >= 15 is 0 Å². The van der Waals surface area contributed by atoms with E-state index in [1.54, 1.807) is 18.4 Å². The molecule has 1 rings (SSSR count). The number of hydrogen-bond acceptors (Lipinski definition) is 4. The van der Waals surface area contributed by atoms with Gasteiger partial charge in [-0.05, 0) is 13.0 Å². The Balaban J connectivity index is 2.61. The molecular weight excluding hydrogens is 250 g/mol. The summed E-state index contributed by atoms with van der Waals surface area (Å²) in [7, 11) is 0. The third-order valence-corrected chi connectivity index (χ3v) is 2.91. The number of thiophene rings is 1. The number of primary amides is 1. The summed E-state index contributed by atoms with van der Waals surface area (Å²) in [6.45, 7) is 2.01. The molecule has 2 amide bonds. The topological polar surface area (TPSA) is 98.2 Å². The molecule has 5 nitrogen and oxygen atoms in total. The zero-order valence-corrected chi connectivity index (χ0v) is 10.8. The molecule has 0 aromatic carbocycles. The predicted octanol–water partition coefficient (Wildman–Crippen LogP) is 0.0520. The van der Waals surface area contributed by atoms with Crippen molar-refractivity contribution in [2.45, 2.75) is 19.4 Å². The molecule has 18 heavy (non-hydrogen) atoms. The molecule has 5 N–H and O–H groups in total. The van der Waals surface area contributed by atoms with Crippen molar-refractivity contribution in [3.63, 3.8) is 0 Å². The molecule has 0 radical (unpaired) electrons. The first kappa shape index (κ1) is 14.2. The summed E-state index contributed by atoms with van der Waals surface area (Å²) in [5.41, 5.74) is 10.8. The number of hydrogen-bond donors (Lipinski definition) is 3. The molecule has 1 aromatic rings. The Morgan fingerprint density at radius 2 is 2.28 bits per heavy atom. The van der Waals surface area contributed by atoms with Crippen LogP contribution in [0.3, 0.4) is 0 Å². The molecule has 0 aliphatic heterocycles. The molecule has 0 aliphatic carbocycles. The minimum Gasteiger partial charge on any atom is -0.370 e. The van der Waals surface area contributed by atoms with Crippen molar-refractivity contribution in [2.75, 3.05) is 6.54 Å². The average molecular weight is 265 g/mol. The molecule has 0 fully saturated rings. The average Bonchev–Trinajstić information content (AvgIpc) is 2.73. The number of carbonyl (C=O) groups is 2. The lowest BCUT2D eigenvalue weighted by Gasteiger charge is -2.10. The van der Waals surface area contributed by atoms with Crippen molar-refractivity contribution in [1.82, 2.24) is 5.32 Å². The van der Waals surface area contributed by atoms with E-state index in [4.69, 9.17) is 11.5 Å². The van der Waals surface area contributed by atoms with Gasteiger partial charge in [-0.25, -0.2) is 0 Å². The molecule has 0 saturated heterocycles. The van der Waals surface area contributed by atoms with Crippen LogP contribution in [-0.2, 0) is 4.79 Å². The third-order valence-electron chi connectivity index (χ3n) is 2.06. The Labute approximate surface area is 110 Å². The maximum absolute atomic E-state index is 11.8. The highest BCUT2D eigenvalue weighted by Crippen LogP contribution is 2.13. The lowest BCUT2D eigenvalue weighted by molar-refractivity contribution is -0.118. The molecule has 1 heterocycles. The number of rotatable bonds is 4. The normalized spacial score (nSPS) is 11.2. The van der Waals surface area contributed by atoms with Gasteiger partial charge in [-0.2, -0.15) is 0 Å². The first-order chi connectivity index (χ1) is 8.52. The molecule has 1 aromatic heterocycles. The summed E-state index contributed by atoms with van der Waals surface area (Å²) in [4.78, 5) is 23.3. The Hall–Kier alpha value is -1.84. The molecule has 1 unspecified atom stereocenters. The van der Waals surface area contributed by atoms with Gasteiger partial charge in [-0.1, -0.05) is 11.8 Å². The second-order valence-corrected chi connectivity index (χ2v) is 4.66. The van der Waals surface area contributed by atoms with Crippen LogP contribution in [-0.4, -0.2) is 24.4 Å². The van der Waals surface area contributed by atoms with Gasteiger partial charge in [0.1, 0.15) is 0 Å². The standard InChI is InChI=1S/C12H15N3O2S/c1-8(5-11(14)16)15-12(17)9-6-10(18-7-9)3-2-4-13/h6-8H,4-5,13H2,1H3,(H2,14,16)(H,15,17). The molecule has 0 spiro atoms. The Kier molecular flexibility index (Phi) is 5.36. The first-order valence-corrected chi connectivity index (χ1v) is 6.27. The van der Waals surface area contributed by atoms with Crippen LogP contribution in [0.1, 0.15) is 28.6 Å². The molecule has 0 aliphatic rings. The van der Waals surface area contributed by atoms with Gasteiger partial charge >= 0.3 is 0 Å². The fourth-order valence-electron chi connectivity index (χ4n) is 1.32. The van der Waals surface area contributed by atoms with Crippen LogP contribution in [0.15, 0.2) is 11.4 Å². The number of carbonyl (C=O) groups excluding carboxylic acids is 2. The lowest BCUT2D eigenvalue weighted by Crippen LogP contribution is -2.35. The molecule has 6 heteroatoms. The van der Waals surface area contributed by atoms with E-state index in [1.807, 2.05) is 0 Å². The summed E-state index contributed by atoms with van der Waals surface area (Å²) in [5.74, 6) is 4.90. The van der Waals surface area contributed by atoms with Crippen LogP contribution in [0.5, 0.6) is 0 Å². The van der Waals surface area contributed by atoms with E-state index in [2.05, 4.69) is 17.2 Å². The van der Waals surface area contributed by atoms with Gasteiger partial charge in [-0.3, -0.25) is 9.59 Å². The number of nitrogens with two attached hydrogens (primary N) is 2. The van der Waals surface area contributed by atoms with Gasteiger partial charge in [0.25, 0.3) is 5.91 Å². The molecule has 0 saturated carbocycles. The zero-order valence-electron chi connectivity index (χ0n) is 10.0. The van der Waals surface area contributed by atoms with E-state index in [0.717, 1.165) is 4.88 Å². The smallest absolute Gasteiger partial charge is 0.252 e. The van der Waals surface area contributed by atoms with E-state index in [1.165, 1.54) is 11.3 Å². The van der Waals surface area contributed by atoms with Crippen LogP contribution in [0.2, 0.25) is 0 Å². The van der Waals surface area contributed by atoms with Crippen molar-refractivity contribution < 1.29 is 9.59 Å². The minimum absolute atomic E-state index is 0.121. The summed E-state index contributed by atoms with van der Waals surface area (Å²) < 4.78 is 0. The highest BCUT2D eigenvalue weighted by molar-refractivity contribution is 7.10. The third kappa shape index (κ3) is 4.57. The van der Waals surface area contributed by atoms with Crippen LogP contribution in [0.4, 0.5) is 0 Å². The van der Waals surface area contributed by atoms with Gasteiger partial charge in [0, 0.05) is 17.8 Å². The minimum atomic E-state index is -0.442. The lowest BCUT2D eigenvalue weighted by atomic mass is 10.2. The fourth-order valence-corrected chi connectivity index (χ4v) is 2.07. The maximum atomic E-state index is 11.8. The quantitative estimate of drug-likeness (QED) is 0.671. The first-order valence-electron chi connectivity index (χ1n) is 5.39. The van der Waals surface area contributed by atoms with E-state index < -0.39 is 5.91 Å². The SMILES string of the molecule is CC(CC(N)=O)NC(=O)c1csc(C#CCN)c1. The van der Waals surface area contributed by atoms with Crippen molar-refractivity contribution in [1.29, 1.82) is 0 Å². The van der Waals surface area contributed by atoms with Gasteiger partial charge < -0.3 is 16.8 Å². The zero-order chi connectivity index (χ0) is 13.5. The molecule has 96 valence electrons. The van der Waals surface area contributed by atoms with Gasteiger partial charge in [-0.15, -0.1) is 11.3 Å². The Bertz CT molecular complexity index is 499. The molecule has 1 atom stereocenters. The van der Waals surface area contributed by atoms with Gasteiger partial charge in [0.15, 0.2) is 0 Å². The molecular formula is C12H15N3O2S. The van der Waals surface area contributed by atoms with Crippen molar-refractivity contribution >= 4 is 23.2 Å². The van der Waals surface area contributed by atoms with Gasteiger partial charge in [0.05, 0.1) is 17.0 Å². The summed E-state index contributed by atoms with van der Waals surface area (Å²) in [6.07, 6.45) is 0.121. The Morgan fingerprint density at radius 1 is 1.56 bits per heavy atom. The van der Waals surface area contributed by atoms with Crippen molar-refractivity contribution in [3.8, 4) is 11.8 Å². The number of amides is 2. The fraction of sp³-hybridized carbons (Fsp3) is 0.333. The van der Waals surface area contributed by atoms with E-state index in [-0.39, 0.29) is 24.9 Å². The van der Waals surface area contributed by atoms with Crippen molar-refractivity contribution in [2.24, 2.45) is 11.5 Å². The van der Waals surface area contributed by atoms with Crippen LogP contribution in [0, 0.1) is 11.8 Å². The van der Waals surface area contributed by atoms with Crippen molar-refractivity contribution in [3.05, 3.63) is 21.9 Å². The second kappa shape index (κ2) is 6.79. The monoisotopic (exact) mass is 265 g/mol. The Morgan fingerprint density at radius 3 is 2.89 bits per heavy atom. The highest BCUT2D eigenvalue weighted by Gasteiger charge is 2.12. The van der Waals surface area contributed by atoms with Crippen LogP contribution in [0.25, 0.3) is 0 Å². The maximum Gasteiger partial charge on any atom is 0.252 e. The summed E-state index contributed by atoms with van der Waals surface area (Å²) >= 11 is 1.38. The largest absolute Gasteiger partial charge is 0.370 e. The predicted molar refractivity (Wildman–Crippen MR) is 71.0 cm³/mol. The highest BCUT2D eigenvalue weighted by atomic mass is 32.1. The second-order valence-electron chi connectivity index (χ2n) is 3.75. The summed E-state index contributed by atoms with van der Waals surface area (Å²) in [6, 6.07) is 1.41. The molecule has 0 bridgehead atoms. The van der Waals surface area contributed by atoms with E-state index in [0.29, 0.717) is 5.56 Å². The van der Waals surface area contributed by atoms with Gasteiger partial charge in [0.2, 0.25) is 5.91 Å². The summed E-state index contributed by atoms with van der Waals surface area (Å²) in [5, 5.41) is 4.41.